The first-order valence-electron chi connectivity index (χ1n) is 8.11. The molecule has 3 rings (SSSR count). The van der Waals surface area contributed by atoms with E-state index in [0.717, 1.165) is 16.7 Å². The molecule has 132 valence electrons. The first-order chi connectivity index (χ1) is 12.0. The van der Waals surface area contributed by atoms with E-state index in [2.05, 4.69) is 13.0 Å². The Balaban J connectivity index is 2.06. The number of aromatic hydroxyl groups is 2. The molecule has 2 aromatic rings. The Labute approximate surface area is 147 Å². The van der Waals surface area contributed by atoms with E-state index >= 15 is 0 Å². The van der Waals surface area contributed by atoms with Gasteiger partial charge in [0.15, 0.2) is 23.0 Å². The van der Waals surface area contributed by atoms with Crippen LogP contribution in [0.4, 0.5) is 0 Å². The third kappa shape index (κ3) is 2.86. The quantitative estimate of drug-likeness (QED) is 0.807. The lowest BCUT2D eigenvalue weighted by Crippen LogP contribution is -2.07. The highest BCUT2D eigenvalue weighted by Gasteiger charge is 2.35. The van der Waals surface area contributed by atoms with Gasteiger partial charge in [0, 0.05) is 17.0 Å². The maximum Gasteiger partial charge on any atom is 0.200 e. The molecule has 0 radical (unpaired) electrons. The number of ether oxygens (including phenoxy) is 3. The number of phenols is 2. The summed E-state index contributed by atoms with van der Waals surface area (Å²) in [5.41, 5.74) is 2.81. The van der Waals surface area contributed by atoms with Crippen LogP contribution in [-0.4, -0.2) is 24.4 Å². The molecule has 0 fully saturated rings. The number of hydrogen-bond acceptors (Lipinski definition) is 5. The number of benzene rings is 2. The molecule has 1 aliphatic heterocycles. The second-order valence-electron chi connectivity index (χ2n) is 6.06. The van der Waals surface area contributed by atoms with Gasteiger partial charge in [-0.2, -0.15) is 0 Å². The van der Waals surface area contributed by atoms with Gasteiger partial charge in [-0.1, -0.05) is 19.1 Å². The van der Waals surface area contributed by atoms with Crippen LogP contribution >= 0.6 is 0 Å². The first-order valence-corrected chi connectivity index (χ1v) is 8.11. The molecule has 0 bridgehead atoms. The fourth-order valence-corrected chi connectivity index (χ4v) is 3.23. The number of phenolic OH excluding ortho intramolecular Hbond substituents is 2. The minimum Gasteiger partial charge on any atom is -0.504 e. The SMILES string of the molecule is CC=Cc1cc(OC)c2c(c1)C(C)C(c1cc(O)c(O)c(OC)c1)O2. The normalized spacial score (nSPS) is 18.9. The van der Waals surface area contributed by atoms with Crippen LogP contribution in [0, 0.1) is 0 Å². The van der Waals surface area contributed by atoms with Crippen molar-refractivity contribution in [2.24, 2.45) is 0 Å². The first kappa shape index (κ1) is 17.0. The van der Waals surface area contributed by atoms with E-state index < -0.39 is 0 Å². The zero-order valence-corrected chi connectivity index (χ0v) is 14.7. The van der Waals surface area contributed by atoms with Crippen LogP contribution in [-0.2, 0) is 0 Å². The number of methoxy groups -OCH3 is 2. The molecule has 2 aromatic carbocycles. The van der Waals surface area contributed by atoms with Crippen LogP contribution in [0.2, 0.25) is 0 Å². The third-order valence-electron chi connectivity index (χ3n) is 4.50. The van der Waals surface area contributed by atoms with Gasteiger partial charge in [-0.3, -0.25) is 0 Å². The lowest BCUT2D eigenvalue weighted by Gasteiger charge is -2.18. The van der Waals surface area contributed by atoms with Crippen molar-refractivity contribution in [2.45, 2.75) is 25.9 Å². The summed E-state index contributed by atoms with van der Waals surface area (Å²) in [6, 6.07) is 7.20. The Morgan fingerprint density at radius 2 is 1.76 bits per heavy atom. The van der Waals surface area contributed by atoms with Crippen LogP contribution in [0.5, 0.6) is 28.7 Å². The smallest absolute Gasteiger partial charge is 0.200 e. The van der Waals surface area contributed by atoms with Gasteiger partial charge in [0.1, 0.15) is 6.10 Å². The summed E-state index contributed by atoms with van der Waals surface area (Å²) >= 11 is 0. The number of hydrogen-bond donors (Lipinski definition) is 2. The second-order valence-corrected chi connectivity index (χ2v) is 6.06. The summed E-state index contributed by atoms with van der Waals surface area (Å²) < 4.78 is 16.8. The average molecular weight is 342 g/mol. The number of allylic oxidation sites excluding steroid dienone is 1. The van der Waals surface area contributed by atoms with Crippen LogP contribution in [0.3, 0.4) is 0 Å². The van der Waals surface area contributed by atoms with Crippen molar-refractivity contribution in [1.29, 1.82) is 0 Å². The molecule has 25 heavy (non-hydrogen) atoms. The summed E-state index contributed by atoms with van der Waals surface area (Å²) in [7, 11) is 3.06. The molecular formula is C20H22O5. The van der Waals surface area contributed by atoms with E-state index in [1.807, 2.05) is 25.1 Å². The molecule has 0 amide bonds. The third-order valence-corrected chi connectivity index (χ3v) is 4.50. The molecule has 0 saturated heterocycles. The Morgan fingerprint density at radius 3 is 2.40 bits per heavy atom. The molecule has 0 spiro atoms. The topological polar surface area (TPSA) is 68.2 Å². The van der Waals surface area contributed by atoms with Crippen molar-refractivity contribution in [2.75, 3.05) is 14.2 Å². The minimum atomic E-state index is -0.315. The van der Waals surface area contributed by atoms with Crippen molar-refractivity contribution in [3.63, 3.8) is 0 Å². The van der Waals surface area contributed by atoms with Gasteiger partial charge in [0.25, 0.3) is 0 Å². The molecule has 1 heterocycles. The standard InChI is InChI=1S/C20H22O5/c1-5-6-12-7-14-11(2)19(25-20(14)17(8-12)24-4)13-9-15(21)18(22)16(10-13)23-3/h5-11,19,21-22H,1-4H3. The zero-order chi connectivity index (χ0) is 18.1. The predicted molar refractivity (Wildman–Crippen MR) is 95.8 cm³/mol. The molecule has 5 nitrogen and oxygen atoms in total. The van der Waals surface area contributed by atoms with Crippen molar-refractivity contribution in [3.8, 4) is 28.7 Å². The summed E-state index contributed by atoms with van der Waals surface area (Å²) in [6.45, 7) is 4.03. The molecule has 0 saturated carbocycles. The summed E-state index contributed by atoms with van der Waals surface area (Å²) in [5.74, 6) is 1.13. The molecule has 5 heteroatoms. The highest BCUT2D eigenvalue weighted by molar-refractivity contribution is 5.62. The fourth-order valence-electron chi connectivity index (χ4n) is 3.23. The van der Waals surface area contributed by atoms with Crippen molar-refractivity contribution < 1.29 is 24.4 Å². The van der Waals surface area contributed by atoms with Crippen LogP contribution < -0.4 is 14.2 Å². The Kier molecular flexibility index (Phi) is 4.49. The zero-order valence-electron chi connectivity index (χ0n) is 14.7. The van der Waals surface area contributed by atoms with Gasteiger partial charge in [-0.25, -0.2) is 0 Å². The monoisotopic (exact) mass is 342 g/mol. The molecule has 2 atom stereocenters. The van der Waals surface area contributed by atoms with E-state index in [4.69, 9.17) is 14.2 Å². The average Bonchev–Trinajstić information content (AvgIpc) is 2.94. The molecule has 2 N–H and O–H groups in total. The van der Waals surface area contributed by atoms with Gasteiger partial charge in [-0.15, -0.1) is 0 Å². The molecule has 1 aliphatic rings. The minimum absolute atomic E-state index is 0.0442. The second kappa shape index (κ2) is 6.59. The largest absolute Gasteiger partial charge is 0.504 e. The van der Waals surface area contributed by atoms with Crippen LogP contribution in [0.1, 0.15) is 42.6 Å². The lowest BCUT2D eigenvalue weighted by molar-refractivity contribution is 0.207. The Bertz CT molecular complexity index is 825. The van der Waals surface area contributed by atoms with Crippen LogP contribution in [0.15, 0.2) is 30.3 Å². The van der Waals surface area contributed by atoms with Crippen LogP contribution in [0.25, 0.3) is 6.08 Å². The predicted octanol–water partition coefficient (Wildman–Crippen LogP) is 4.39. The van der Waals surface area contributed by atoms with E-state index in [-0.39, 0.29) is 29.3 Å². The highest BCUT2D eigenvalue weighted by Crippen LogP contribution is 2.52. The van der Waals surface area contributed by atoms with E-state index in [1.165, 1.54) is 13.2 Å². The van der Waals surface area contributed by atoms with Gasteiger partial charge in [-0.05, 0) is 36.8 Å². The summed E-state index contributed by atoms with van der Waals surface area (Å²) in [4.78, 5) is 0. The summed E-state index contributed by atoms with van der Waals surface area (Å²) in [5, 5.41) is 19.8. The van der Waals surface area contributed by atoms with Gasteiger partial charge in [0.2, 0.25) is 5.75 Å². The molecule has 0 aliphatic carbocycles. The fraction of sp³-hybridized carbons (Fsp3) is 0.300. The maximum atomic E-state index is 9.97. The molecular weight excluding hydrogens is 320 g/mol. The Hall–Kier alpha value is -2.82. The number of rotatable bonds is 4. The number of fused-ring (bicyclic) bond motifs is 1. The van der Waals surface area contributed by atoms with Crippen molar-refractivity contribution in [3.05, 3.63) is 47.0 Å². The Morgan fingerprint density at radius 1 is 1.04 bits per heavy atom. The van der Waals surface area contributed by atoms with E-state index in [1.54, 1.807) is 13.2 Å². The van der Waals surface area contributed by atoms with Crippen molar-refractivity contribution in [1.82, 2.24) is 0 Å². The van der Waals surface area contributed by atoms with E-state index in [9.17, 15) is 10.2 Å². The molecule has 2 unspecified atom stereocenters. The summed E-state index contributed by atoms with van der Waals surface area (Å²) in [6.07, 6.45) is 3.67. The highest BCUT2D eigenvalue weighted by atomic mass is 16.5. The lowest BCUT2D eigenvalue weighted by atomic mass is 9.91. The van der Waals surface area contributed by atoms with E-state index in [0.29, 0.717) is 11.5 Å². The molecule has 0 aromatic heterocycles. The van der Waals surface area contributed by atoms with Gasteiger partial charge >= 0.3 is 0 Å². The van der Waals surface area contributed by atoms with Gasteiger partial charge < -0.3 is 24.4 Å². The van der Waals surface area contributed by atoms with Crippen molar-refractivity contribution >= 4 is 6.08 Å². The van der Waals surface area contributed by atoms with Gasteiger partial charge in [0.05, 0.1) is 14.2 Å². The maximum absolute atomic E-state index is 9.97.